The molecular weight excluding hydrogens is 1030 g/mol. The number of furan rings is 2. The van der Waals surface area contributed by atoms with Crippen molar-refractivity contribution in [1.82, 2.24) is 0 Å². The van der Waals surface area contributed by atoms with Crippen molar-refractivity contribution in [3.05, 3.63) is 278 Å². The maximum atomic E-state index is 7.15. The van der Waals surface area contributed by atoms with E-state index in [1.54, 1.807) is 0 Å². The second-order valence-corrected chi connectivity index (χ2v) is 25.1. The van der Waals surface area contributed by atoms with E-state index < -0.39 is 5.41 Å². The summed E-state index contributed by atoms with van der Waals surface area (Å²) in [5.74, 6) is 0. The number of nitrogens with zero attached hydrogens (tertiary/aromatic N) is 2. The predicted molar refractivity (Wildman–Crippen MR) is 359 cm³/mol. The monoisotopic (exact) mass is 1090 g/mol. The molecule has 2 aromatic heterocycles. The molecular formula is C81H62N2O2. The SMILES string of the molecule is CC(C)(C)C1(C(C)(C)C)c2c(ccc3cc(N(c4ccccc4)c4cccc5c4oc4c(-c6ccccc6)cccc45)ccc23)-c2c1c1ccc(N(c3ccccc3)c3cccc4c3oc3c(-c5ccccc5)cccc34)cc1c1ccccc21. The van der Waals surface area contributed by atoms with Gasteiger partial charge in [0.15, 0.2) is 11.2 Å². The predicted octanol–water partition coefficient (Wildman–Crippen LogP) is 23.6. The second kappa shape index (κ2) is 18.9. The molecule has 408 valence electrons. The highest BCUT2D eigenvalue weighted by Gasteiger charge is 2.59. The van der Waals surface area contributed by atoms with Crippen LogP contribution in [0.5, 0.6) is 0 Å². The third-order valence-corrected chi connectivity index (χ3v) is 18.5. The molecule has 85 heavy (non-hydrogen) atoms. The van der Waals surface area contributed by atoms with Gasteiger partial charge in [0, 0.05) is 60.8 Å². The molecule has 0 saturated carbocycles. The lowest BCUT2D eigenvalue weighted by atomic mass is 9.49. The van der Waals surface area contributed by atoms with Crippen molar-refractivity contribution < 1.29 is 8.83 Å². The molecule has 0 spiro atoms. The zero-order chi connectivity index (χ0) is 57.3. The fraction of sp³-hybridized carbons (Fsp3) is 0.111. The number of para-hydroxylation sites is 6. The molecule has 0 atom stereocenters. The second-order valence-electron chi connectivity index (χ2n) is 25.1. The molecule has 0 unspecified atom stereocenters. The highest BCUT2D eigenvalue weighted by Crippen LogP contribution is 2.69. The van der Waals surface area contributed by atoms with Gasteiger partial charge in [-0.1, -0.05) is 248 Å². The van der Waals surface area contributed by atoms with Gasteiger partial charge in [-0.3, -0.25) is 0 Å². The van der Waals surface area contributed by atoms with Crippen molar-refractivity contribution in [2.24, 2.45) is 10.8 Å². The third kappa shape index (κ3) is 7.47. The molecule has 15 aromatic rings. The van der Waals surface area contributed by atoms with Crippen molar-refractivity contribution in [3.8, 4) is 33.4 Å². The number of hydrogen-bond donors (Lipinski definition) is 0. The Morgan fingerprint density at radius 1 is 0.282 bits per heavy atom. The van der Waals surface area contributed by atoms with Crippen LogP contribution in [0.25, 0.3) is 110 Å². The van der Waals surface area contributed by atoms with Crippen LogP contribution in [0.2, 0.25) is 0 Å². The van der Waals surface area contributed by atoms with Crippen LogP contribution in [-0.2, 0) is 5.41 Å². The standard InChI is InChI=1S/C81H62N2O2/c1-79(2,3)81(80(4,5)6)73-58-47-44-56(82(54-29-15-9-16-30-54)70-41-23-39-66-64-37-21-35-59(75(64)84-77(66)70)51-25-11-7-12-26-51)49-53(58)43-46-68(73)72-62-34-20-19-33-61(62)69-50-57(45-48-63(69)74(72)81)83(55-31-17-10-18-32-55)71-42-24-40-67-65-38-22-36-60(76(65)85-78(67)71)52-27-13-8-14-28-52/h7-50H,1-6H3. The Kier molecular flexibility index (Phi) is 11.3. The molecule has 0 amide bonds. The molecule has 2 heterocycles. The van der Waals surface area contributed by atoms with Crippen LogP contribution in [0.1, 0.15) is 52.7 Å². The normalized spacial score (nSPS) is 13.2. The van der Waals surface area contributed by atoms with E-state index in [0.29, 0.717) is 0 Å². The summed E-state index contributed by atoms with van der Waals surface area (Å²) in [6.07, 6.45) is 0. The van der Waals surface area contributed by atoms with E-state index in [1.165, 1.54) is 54.6 Å². The lowest BCUT2D eigenvalue weighted by Gasteiger charge is -2.54. The molecule has 0 fully saturated rings. The van der Waals surface area contributed by atoms with Gasteiger partial charge in [0.1, 0.15) is 11.2 Å². The summed E-state index contributed by atoms with van der Waals surface area (Å²) in [5, 5.41) is 11.8. The van der Waals surface area contributed by atoms with E-state index in [0.717, 1.165) is 100 Å². The van der Waals surface area contributed by atoms with Crippen molar-refractivity contribution in [3.63, 3.8) is 0 Å². The van der Waals surface area contributed by atoms with Crippen LogP contribution in [0.3, 0.4) is 0 Å². The van der Waals surface area contributed by atoms with Crippen LogP contribution in [0.4, 0.5) is 34.1 Å². The first kappa shape index (κ1) is 50.6. The van der Waals surface area contributed by atoms with E-state index in [4.69, 9.17) is 8.83 Å². The lowest BCUT2D eigenvalue weighted by molar-refractivity contribution is 0.0977. The highest BCUT2D eigenvalue weighted by atomic mass is 16.3. The number of hydrogen-bond acceptors (Lipinski definition) is 4. The van der Waals surface area contributed by atoms with E-state index >= 15 is 0 Å². The number of benzene rings is 13. The highest BCUT2D eigenvalue weighted by molar-refractivity contribution is 6.22. The minimum Gasteiger partial charge on any atom is -0.453 e. The van der Waals surface area contributed by atoms with Gasteiger partial charge in [-0.25, -0.2) is 0 Å². The number of anilines is 6. The van der Waals surface area contributed by atoms with Gasteiger partial charge < -0.3 is 18.6 Å². The zero-order valence-electron chi connectivity index (χ0n) is 48.6. The van der Waals surface area contributed by atoms with Crippen LogP contribution in [-0.4, -0.2) is 0 Å². The summed E-state index contributed by atoms with van der Waals surface area (Å²) in [4.78, 5) is 4.77. The zero-order valence-corrected chi connectivity index (χ0v) is 48.6. The summed E-state index contributed by atoms with van der Waals surface area (Å²) in [5.41, 5.74) is 18.5. The summed E-state index contributed by atoms with van der Waals surface area (Å²) < 4.78 is 14.3. The van der Waals surface area contributed by atoms with Gasteiger partial charge in [0.2, 0.25) is 0 Å². The smallest absolute Gasteiger partial charge is 0.159 e. The van der Waals surface area contributed by atoms with Gasteiger partial charge in [0.05, 0.1) is 11.4 Å². The third-order valence-electron chi connectivity index (χ3n) is 18.5. The molecule has 1 aliphatic rings. The molecule has 0 radical (unpaired) electrons. The largest absolute Gasteiger partial charge is 0.453 e. The Bertz CT molecular complexity index is 5130. The Morgan fingerprint density at radius 3 is 1.21 bits per heavy atom. The first-order chi connectivity index (χ1) is 41.5. The minimum atomic E-state index is -0.472. The number of fused-ring (bicyclic) bond motifs is 16. The van der Waals surface area contributed by atoms with Crippen LogP contribution >= 0.6 is 0 Å². The summed E-state index contributed by atoms with van der Waals surface area (Å²) in [6.45, 7) is 14.8. The van der Waals surface area contributed by atoms with E-state index in [2.05, 4.69) is 318 Å². The molecule has 13 aromatic carbocycles. The van der Waals surface area contributed by atoms with Gasteiger partial charge in [-0.15, -0.1) is 0 Å². The first-order valence-corrected chi connectivity index (χ1v) is 29.7. The Balaban J connectivity index is 0.907. The Hall–Kier alpha value is -10.2. The fourth-order valence-corrected chi connectivity index (χ4v) is 15.5. The quantitative estimate of drug-likeness (QED) is 0.142. The molecule has 0 N–H and O–H groups in total. The van der Waals surface area contributed by atoms with E-state index in [1.807, 2.05) is 0 Å². The topological polar surface area (TPSA) is 32.8 Å². The first-order valence-electron chi connectivity index (χ1n) is 29.7. The van der Waals surface area contributed by atoms with Gasteiger partial charge in [-0.2, -0.15) is 0 Å². The molecule has 4 heteroatoms. The molecule has 0 saturated heterocycles. The van der Waals surface area contributed by atoms with Gasteiger partial charge >= 0.3 is 0 Å². The molecule has 4 nitrogen and oxygen atoms in total. The van der Waals surface area contributed by atoms with Gasteiger partial charge in [0.25, 0.3) is 0 Å². The summed E-state index contributed by atoms with van der Waals surface area (Å²) in [7, 11) is 0. The number of rotatable bonds is 8. The minimum absolute atomic E-state index is 0.260. The summed E-state index contributed by atoms with van der Waals surface area (Å²) >= 11 is 0. The van der Waals surface area contributed by atoms with Crippen molar-refractivity contribution in [1.29, 1.82) is 0 Å². The maximum Gasteiger partial charge on any atom is 0.159 e. The molecule has 0 aliphatic heterocycles. The van der Waals surface area contributed by atoms with E-state index in [-0.39, 0.29) is 10.8 Å². The van der Waals surface area contributed by atoms with Crippen LogP contribution in [0, 0.1) is 10.8 Å². The van der Waals surface area contributed by atoms with Gasteiger partial charge in [-0.05, 0) is 137 Å². The molecule has 0 bridgehead atoms. The Labute approximate surface area is 495 Å². The van der Waals surface area contributed by atoms with Crippen LogP contribution in [0.15, 0.2) is 276 Å². The molecule has 16 rings (SSSR count). The Morgan fingerprint density at radius 2 is 0.706 bits per heavy atom. The molecule has 1 aliphatic carbocycles. The van der Waals surface area contributed by atoms with Crippen LogP contribution < -0.4 is 9.80 Å². The average Bonchev–Trinajstić information content (AvgIpc) is 1.58. The lowest BCUT2D eigenvalue weighted by Crippen LogP contribution is -2.50. The van der Waals surface area contributed by atoms with Crippen molar-refractivity contribution in [2.45, 2.75) is 47.0 Å². The maximum absolute atomic E-state index is 7.15. The van der Waals surface area contributed by atoms with Crippen molar-refractivity contribution >= 4 is 110 Å². The van der Waals surface area contributed by atoms with E-state index in [9.17, 15) is 0 Å². The van der Waals surface area contributed by atoms with Crippen molar-refractivity contribution in [2.75, 3.05) is 9.80 Å². The summed E-state index contributed by atoms with van der Waals surface area (Å²) in [6, 6.07) is 97.2. The fourth-order valence-electron chi connectivity index (χ4n) is 15.5. The average molecular weight is 1100 g/mol.